The summed E-state index contributed by atoms with van der Waals surface area (Å²) in [7, 11) is 0. The van der Waals surface area contributed by atoms with Gasteiger partial charge in [-0.15, -0.1) is 10.2 Å². The zero-order chi connectivity index (χ0) is 28.2. The lowest BCUT2D eigenvalue weighted by Crippen LogP contribution is -2.20. The Morgan fingerprint density at radius 1 is 0.800 bits per heavy atom. The van der Waals surface area contributed by atoms with Crippen LogP contribution in [0.2, 0.25) is 5.15 Å². The van der Waals surface area contributed by atoms with Gasteiger partial charge in [-0.3, -0.25) is 14.4 Å². The Labute approximate surface area is 232 Å². The first-order chi connectivity index (χ1) is 19.3. The molecule has 2 amide bonds. The second kappa shape index (κ2) is 11.5. The molecule has 204 valence electrons. The minimum absolute atomic E-state index is 0.0248. The third kappa shape index (κ3) is 6.74. The largest absolute Gasteiger partial charge is 0.364 e. The molecule has 6 rings (SSSR count). The number of primary amides is 2. The molecular weight excluding hydrogens is 536 g/mol. The van der Waals surface area contributed by atoms with E-state index in [0.29, 0.717) is 29.2 Å². The minimum Gasteiger partial charge on any atom is -0.364 e. The van der Waals surface area contributed by atoms with E-state index in [1.165, 1.54) is 25.0 Å². The summed E-state index contributed by atoms with van der Waals surface area (Å²) in [6.45, 7) is 0. The summed E-state index contributed by atoms with van der Waals surface area (Å²) in [6, 6.07) is 14.1. The molecule has 2 fully saturated rings. The summed E-state index contributed by atoms with van der Waals surface area (Å²) in [5, 5.41) is 19.3. The van der Waals surface area contributed by atoms with Crippen molar-refractivity contribution in [3.05, 3.63) is 86.8 Å². The number of H-pyrrole nitrogens is 1. The van der Waals surface area contributed by atoms with Crippen LogP contribution in [-0.4, -0.2) is 42.2 Å². The number of aromatic amines is 1. The normalized spacial score (nSPS) is 14.0. The molecule has 2 aliphatic rings. The fourth-order valence-electron chi connectivity index (χ4n) is 3.86. The van der Waals surface area contributed by atoms with Crippen LogP contribution in [-0.2, 0) is 0 Å². The van der Waals surface area contributed by atoms with Gasteiger partial charge in [0, 0.05) is 35.4 Å². The van der Waals surface area contributed by atoms with Gasteiger partial charge in [0.25, 0.3) is 17.4 Å². The molecule has 0 atom stereocenters. The Hall–Kier alpha value is -4.91. The molecule has 0 aromatic carbocycles. The van der Waals surface area contributed by atoms with Crippen LogP contribution in [0.3, 0.4) is 0 Å². The lowest BCUT2D eigenvalue weighted by molar-refractivity contribution is 0.0987. The van der Waals surface area contributed by atoms with Crippen molar-refractivity contribution in [2.24, 2.45) is 11.5 Å². The van der Waals surface area contributed by atoms with Crippen molar-refractivity contribution < 1.29 is 9.59 Å². The highest BCUT2D eigenvalue weighted by molar-refractivity contribution is 6.29. The summed E-state index contributed by atoms with van der Waals surface area (Å²) in [6.07, 6.45) is 4.64. The Kier molecular flexibility index (Phi) is 7.64. The second-order valence-electron chi connectivity index (χ2n) is 9.35. The number of amides is 2. The smallest absolute Gasteiger partial charge is 0.271 e. The minimum atomic E-state index is -0.720. The number of carbonyl (C=O) groups is 2. The zero-order valence-corrected chi connectivity index (χ0v) is 21.9. The van der Waals surface area contributed by atoms with Crippen molar-refractivity contribution in [1.29, 1.82) is 0 Å². The highest BCUT2D eigenvalue weighted by Crippen LogP contribution is 2.40. The molecule has 40 heavy (non-hydrogen) atoms. The van der Waals surface area contributed by atoms with E-state index in [4.69, 9.17) is 23.1 Å². The maximum Gasteiger partial charge on any atom is 0.271 e. The van der Waals surface area contributed by atoms with Crippen LogP contribution >= 0.6 is 11.6 Å². The van der Waals surface area contributed by atoms with E-state index < -0.39 is 17.4 Å². The van der Waals surface area contributed by atoms with E-state index in [1.807, 2.05) is 30.3 Å². The fourth-order valence-corrected chi connectivity index (χ4v) is 4.01. The molecule has 0 unspecified atom stereocenters. The number of halogens is 1. The lowest BCUT2D eigenvalue weighted by Gasteiger charge is -2.09. The third-order valence-electron chi connectivity index (χ3n) is 6.10. The first-order valence-corrected chi connectivity index (χ1v) is 12.8. The number of nitrogens with one attached hydrogen (secondary N) is 3. The van der Waals surface area contributed by atoms with Gasteiger partial charge in [0.15, 0.2) is 16.5 Å². The van der Waals surface area contributed by atoms with Crippen LogP contribution < -0.4 is 27.7 Å². The summed E-state index contributed by atoms with van der Waals surface area (Å²) >= 11 is 5.79. The van der Waals surface area contributed by atoms with Crippen molar-refractivity contribution in [3.8, 4) is 0 Å². The maximum absolute atomic E-state index is 11.3. The van der Waals surface area contributed by atoms with Crippen LogP contribution in [0, 0.1) is 0 Å². The number of hydrogen-bond donors (Lipinski definition) is 5. The Balaban J connectivity index is 0.000000161. The van der Waals surface area contributed by atoms with E-state index in [9.17, 15) is 14.4 Å². The SMILES string of the molecule is NC(=O)c1n[nH]c(=O)cc1Nc1cccc(C2CC2)n1.NC(=O)c1nnc(Cl)cc1Nc1cccc(C2CC2)n1. The van der Waals surface area contributed by atoms with Crippen LogP contribution in [0.4, 0.5) is 23.0 Å². The average Bonchev–Trinajstić information content (AvgIpc) is 3.82. The van der Waals surface area contributed by atoms with E-state index >= 15 is 0 Å². The first-order valence-electron chi connectivity index (χ1n) is 12.5. The first kappa shape index (κ1) is 26.7. The van der Waals surface area contributed by atoms with Crippen molar-refractivity contribution in [2.45, 2.75) is 37.5 Å². The summed E-state index contributed by atoms with van der Waals surface area (Å²) in [4.78, 5) is 42.9. The molecular formula is C26H25ClN10O3. The van der Waals surface area contributed by atoms with Gasteiger partial charge in [-0.25, -0.2) is 15.1 Å². The second-order valence-corrected chi connectivity index (χ2v) is 9.73. The Morgan fingerprint density at radius 3 is 1.82 bits per heavy atom. The highest BCUT2D eigenvalue weighted by Gasteiger charge is 2.26. The van der Waals surface area contributed by atoms with E-state index in [-0.39, 0.29) is 22.2 Å². The molecule has 4 aromatic heterocycles. The van der Waals surface area contributed by atoms with Crippen molar-refractivity contribution >= 4 is 46.4 Å². The quantitative estimate of drug-likeness (QED) is 0.212. The summed E-state index contributed by atoms with van der Waals surface area (Å²) in [5.41, 5.74) is 12.8. The Morgan fingerprint density at radius 2 is 1.32 bits per heavy atom. The van der Waals surface area contributed by atoms with Crippen LogP contribution in [0.5, 0.6) is 0 Å². The zero-order valence-electron chi connectivity index (χ0n) is 21.1. The van der Waals surface area contributed by atoms with E-state index in [0.717, 1.165) is 24.2 Å². The number of nitrogens with zero attached hydrogens (tertiary/aromatic N) is 5. The summed E-state index contributed by atoms with van der Waals surface area (Å²) < 4.78 is 0. The number of pyridine rings is 2. The molecule has 0 saturated heterocycles. The fraction of sp³-hybridized carbons (Fsp3) is 0.231. The van der Waals surface area contributed by atoms with Crippen molar-refractivity contribution in [2.75, 3.05) is 10.6 Å². The monoisotopic (exact) mass is 560 g/mol. The Bertz CT molecular complexity index is 1640. The molecule has 2 saturated carbocycles. The van der Waals surface area contributed by atoms with Gasteiger partial charge >= 0.3 is 0 Å². The van der Waals surface area contributed by atoms with Crippen molar-refractivity contribution in [3.63, 3.8) is 0 Å². The van der Waals surface area contributed by atoms with Crippen molar-refractivity contribution in [1.82, 2.24) is 30.4 Å². The molecule has 0 spiro atoms. The van der Waals surface area contributed by atoms with Gasteiger partial charge in [-0.2, -0.15) is 5.10 Å². The van der Waals surface area contributed by atoms with Gasteiger partial charge < -0.3 is 22.1 Å². The standard InChI is InChI=1S/C13H12ClN5O.C13H13N5O2/c14-10-6-9(12(13(15)20)19-18-10)17-11-3-1-2-8(16-11)7-4-5-7;14-13(20)12-9(6-11(19)17-18-12)16-10-3-1-2-8(15-10)7-4-5-7/h1-3,6-7H,4-5H2,(H2,15,20)(H,16,17,18);1-3,6-7H,4-5H2,(H2,14,20)(H2,15,16,17,19). The predicted molar refractivity (Wildman–Crippen MR) is 148 cm³/mol. The molecule has 14 heteroatoms. The molecule has 7 N–H and O–H groups in total. The topological polar surface area (TPSA) is 208 Å². The highest BCUT2D eigenvalue weighted by atomic mass is 35.5. The number of hydrogen-bond acceptors (Lipinski definition) is 10. The van der Waals surface area contributed by atoms with Crippen LogP contribution in [0.1, 0.15) is 69.9 Å². The maximum atomic E-state index is 11.3. The number of aromatic nitrogens is 6. The van der Waals surface area contributed by atoms with Gasteiger partial charge in [-0.05, 0) is 49.9 Å². The number of nitrogens with two attached hydrogens (primary N) is 2. The third-order valence-corrected chi connectivity index (χ3v) is 6.28. The number of rotatable bonds is 8. The lowest BCUT2D eigenvalue weighted by atomic mass is 10.2. The van der Waals surface area contributed by atoms with Gasteiger partial charge in [0.05, 0.1) is 11.4 Å². The van der Waals surface area contributed by atoms with Gasteiger partial charge in [-0.1, -0.05) is 23.7 Å². The van der Waals surface area contributed by atoms with E-state index in [2.05, 4.69) is 41.0 Å². The number of anilines is 4. The molecule has 13 nitrogen and oxygen atoms in total. The number of carbonyl (C=O) groups excluding carboxylic acids is 2. The van der Waals surface area contributed by atoms with Gasteiger partial charge in [0.2, 0.25) is 0 Å². The van der Waals surface area contributed by atoms with E-state index in [1.54, 1.807) is 6.07 Å². The molecule has 4 aromatic rings. The summed E-state index contributed by atoms with van der Waals surface area (Å²) in [5.74, 6) is 0.860. The molecule has 0 aliphatic heterocycles. The van der Waals surface area contributed by atoms with Gasteiger partial charge in [0.1, 0.15) is 11.6 Å². The molecule has 4 heterocycles. The van der Waals surface area contributed by atoms with Crippen LogP contribution in [0.25, 0.3) is 0 Å². The molecule has 2 aliphatic carbocycles. The predicted octanol–water partition coefficient (Wildman–Crippen LogP) is 3.13. The molecule has 0 bridgehead atoms. The van der Waals surface area contributed by atoms with Crippen LogP contribution in [0.15, 0.2) is 53.3 Å². The molecule has 0 radical (unpaired) electrons. The average molecular weight is 561 g/mol.